The van der Waals surface area contributed by atoms with Crippen molar-refractivity contribution in [2.45, 2.75) is 51.6 Å². The third kappa shape index (κ3) is 6.22. The van der Waals surface area contributed by atoms with E-state index in [0.29, 0.717) is 12.1 Å². The van der Waals surface area contributed by atoms with Crippen molar-refractivity contribution >= 4 is 21.4 Å². The fraction of sp³-hybridized carbons (Fsp3) is 0.440. The van der Waals surface area contributed by atoms with Crippen LogP contribution in [0.15, 0.2) is 65.3 Å². The zero-order valence-electron chi connectivity index (χ0n) is 18.3. The number of allylic oxidation sites excluding steroid dienone is 3. The molecule has 1 aliphatic rings. The Balaban J connectivity index is 1.48. The molecule has 0 fully saturated rings. The largest absolute Gasteiger partial charge is 0.371 e. The Hall–Kier alpha value is -2.04. The molecule has 2 aromatic rings. The van der Waals surface area contributed by atoms with Gasteiger partial charge in [-0.25, -0.2) is 0 Å². The summed E-state index contributed by atoms with van der Waals surface area (Å²) in [6.45, 7) is 9.55. The van der Waals surface area contributed by atoms with Gasteiger partial charge in [0.15, 0.2) is 0 Å². The predicted octanol–water partition coefficient (Wildman–Crippen LogP) is 5.47. The highest BCUT2D eigenvalue weighted by Crippen LogP contribution is 2.26. The average Bonchev–Trinajstić information content (AvgIpc) is 3.09. The van der Waals surface area contributed by atoms with Crippen LogP contribution in [0.1, 0.15) is 38.7 Å². The number of hydrogen-bond acceptors (Lipinski definition) is 4. The van der Waals surface area contributed by atoms with Crippen molar-refractivity contribution in [1.82, 2.24) is 15.5 Å². The van der Waals surface area contributed by atoms with Crippen LogP contribution in [0, 0.1) is 0 Å². The maximum Gasteiger partial charge on any atom is 0.0915 e. The van der Waals surface area contributed by atoms with Crippen LogP contribution in [0.5, 0.6) is 0 Å². The monoisotopic (exact) mass is 409 g/mol. The fourth-order valence-electron chi connectivity index (χ4n) is 3.86. The minimum atomic E-state index is 0.333. The van der Waals surface area contributed by atoms with Crippen molar-refractivity contribution < 1.29 is 0 Å². The van der Waals surface area contributed by atoms with Gasteiger partial charge in [0.05, 0.1) is 5.82 Å². The van der Waals surface area contributed by atoms with Crippen LogP contribution in [0.2, 0.25) is 0 Å². The number of benzene rings is 1. The van der Waals surface area contributed by atoms with Gasteiger partial charge in [-0.05, 0) is 76.0 Å². The summed E-state index contributed by atoms with van der Waals surface area (Å²) in [4.78, 5) is 2.31. The molecule has 1 aliphatic carbocycles. The quantitative estimate of drug-likeness (QED) is 0.545. The van der Waals surface area contributed by atoms with Gasteiger partial charge >= 0.3 is 0 Å². The molecule has 156 valence electrons. The predicted molar refractivity (Wildman–Crippen MR) is 128 cm³/mol. The second-order valence-electron chi connectivity index (χ2n) is 8.53. The van der Waals surface area contributed by atoms with Gasteiger partial charge in [-0.3, -0.25) is 0 Å². The molecule has 0 saturated heterocycles. The van der Waals surface area contributed by atoms with Gasteiger partial charge in [0.1, 0.15) is 0 Å². The van der Waals surface area contributed by atoms with Crippen molar-refractivity contribution in [3.8, 4) is 0 Å². The SMILES string of the molecule is C=C(NCC(CC1=CC=C(C)CC1)N(C)C)NC(C)Cc1csc2ccccc12. The van der Waals surface area contributed by atoms with Crippen LogP contribution in [0.25, 0.3) is 10.1 Å². The molecule has 1 aromatic carbocycles. The van der Waals surface area contributed by atoms with Crippen LogP contribution in [-0.2, 0) is 6.42 Å². The first-order valence-electron chi connectivity index (χ1n) is 10.6. The summed E-state index contributed by atoms with van der Waals surface area (Å²) in [5.74, 6) is 0.914. The zero-order chi connectivity index (χ0) is 20.8. The second-order valence-corrected chi connectivity index (χ2v) is 9.44. The van der Waals surface area contributed by atoms with E-state index in [1.54, 1.807) is 5.57 Å². The molecule has 2 unspecified atom stereocenters. The van der Waals surface area contributed by atoms with Gasteiger partial charge in [0, 0.05) is 23.3 Å². The first kappa shape index (κ1) is 21.7. The van der Waals surface area contributed by atoms with Crippen molar-refractivity contribution in [2.24, 2.45) is 0 Å². The van der Waals surface area contributed by atoms with E-state index in [-0.39, 0.29) is 0 Å². The maximum atomic E-state index is 4.21. The number of hydrogen-bond donors (Lipinski definition) is 2. The first-order valence-corrected chi connectivity index (χ1v) is 11.5. The number of rotatable bonds is 10. The van der Waals surface area contributed by atoms with Crippen molar-refractivity contribution in [3.63, 3.8) is 0 Å². The lowest BCUT2D eigenvalue weighted by molar-refractivity contribution is 0.283. The van der Waals surface area contributed by atoms with Gasteiger partial charge < -0.3 is 15.5 Å². The molecule has 2 N–H and O–H groups in total. The van der Waals surface area contributed by atoms with E-state index in [4.69, 9.17) is 0 Å². The van der Waals surface area contributed by atoms with Crippen LogP contribution >= 0.6 is 11.3 Å². The van der Waals surface area contributed by atoms with E-state index in [0.717, 1.165) is 25.2 Å². The third-order valence-electron chi connectivity index (χ3n) is 5.73. The lowest BCUT2D eigenvalue weighted by Crippen LogP contribution is -2.41. The smallest absolute Gasteiger partial charge is 0.0915 e. The zero-order valence-corrected chi connectivity index (χ0v) is 19.1. The molecule has 29 heavy (non-hydrogen) atoms. The standard InChI is InChI=1S/C25H35N3S/c1-18-10-12-21(13-11-18)15-23(28(4)5)16-26-20(3)27-19(2)14-22-17-29-25-9-7-6-8-24(22)25/h6-10,12,17,19,23,26-27H,3,11,13-16H2,1-2,4-5H3. The first-order chi connectivity index (χ1) is 13.9. The summed E-state index contributed by atoms with van der Waals surface area (Å²) in [7, 11) is 4.33. The van der Waals surface area contributed by atoms with E-state index in [1.807, 2.05) is 11.3 Å². The minimum Gasteiger partial charge on any atom is -0.371 e. The molecule has 4 heteroatoms. The highest BCUT2D eigenvalue weighted by atomic mass is 32.1. The van der Waals surface area contributed by atoms with Gasteiger partial charge in [-0.2, -0.15) is 0 Å². The molecular weight excluding hydrogens is 374 g/mol. The van der Waals surface area contributed by atoms with Crippen molar-refractivity contribution in [1.29, 1.82) is 0 Å². The highest BCUT2D eigenvalue weighted by molar-refractivity contribution is 7.17. The van der Waals surface area contributed by atoms with Gasteiger partial charge in [-0.1, -0.05) is 48.1 Å². The molecule has 3 nitrogen and oxygen atoms in total. The molecule has 0 saturated carbocycles. The summed E-state index contributed by atoms with van der Waals surface area (Å²) in [5.41, 5.74) is 4.45. The second kappa shape index (κ2) is 10.1. The number of likely N-dealkylation sites (N-methyl/N-ethyl adjacent to an activating group) is 1. The third-order valence-corrected chi connectivity index (χ3v) is 6.74. The normalized spacial score (nSPS) is 16.3. The minimum absolute atomic E-state index is 0.333. The molecule has 0 radical (unpaired) electrons. The number of nitrogens with zero attached hydrogens (tertiary/aromatic N) is 1. The molecule has 0 amide bonds. The number of fused-ring (bicyclic) bond motifs is 1. The van der Waals surface area contributed by atoms with E-state index < -0.39 is 0 Å². The molecule has 0 bridgehead atoms. The van der Waals surface area contributed by atoms with Crippen LogP contribution in [0.4, 0.5) is 0 Å². The molecule has 1 aromatic heterocycles. The summed E-state index contributed by atoms with van der Waals surface area (Å²) in [6, 6.07) is 9.44. The Morgan fingerprint density at radius 1 is 1.17 bits per heavy atom. The molecule has 1 heterocycles. The summed E-state index contributed by atoms with van der Waals surface area (Å²) in [6.07, 6.45) is 9.08. The lowest BCUT2D eigenvalue weighted by atomic mass is 9.94. The van der Waals surface area contributed by atoms with E-state index >= 15 is 0 Å². The molecule has 0 aliphatic heterocycles. The Kier molecular flexibility index (Phi) is 7.57. The Bertz CT molecular complexity index is 890. The van der Waals surface area contributed by atoms with E-state index in [2.05, 4.69) is 91.9 Å². The van der Waals surface area contributed by atoms with Crippen molar-refractivity contribution in [2.75, 3.05) is 20.6 Å². The van der Waals surface area contributed by atoms with Gasteiger partial charge in [0.25, 0.3) is 0 Å². The molecular formula is C25H35N3S. The van der Waals surface area contributed by atoms with Gasteiger partial charge in [-0.15, -0.1) is 11.3 Å². The molecule has 2 atom stereocenters. The van der Waals surface area contributed by atoms with Crippen LogP contribution in [-0.4, -0.2) is 37.6 Å². The highest BCUT2D eigenvalue weighted by Gasteiger charge is 2.16. The summed E-state index contributed by atoms with van der Waals surface area (Å²) < 4.78 is 1.36. The lowest BCUT2D eigenvalue weighted by Gasteiger charge is -2.28. The van der Waals surface area contributed by atoms with Crippen LogP contribution in [0.3, 0.4) is 0 Å². The Morgan fingerprint density at radius 2 is 1.97 bits per heavy atom. The maximum absolute atomic E-state index is 4.21. The van der Waals surface area contributed by atoms with Crippen molar-refractivity contribution in [3.05, 3.63) is 70.9 Å². The van der Waals surface area contributed by atoms with E-state index in [9.17, 15) is 0 Å². The molecule has 0 spiro atoms. The van der Waals surface area contributed by atoms with E-state index in [1.165, 1.54) is 34.1 Å². The Morgan fingerprint density at radius 3 is 2.69 bits per heavy atom. The fourth-order valence-corrected chi connectivity index (χ4v) is 4.83. The van der Waals surface area contributed by atoms with Gasteiger partial charge in [0.2, 0.25) is 0 Å². The number of thiophene rings is 1. The Labute approximate surface area is 180 Å². The summed E-state index contributed by atoms with van der Waals surface area (Å²) in [5, 5.41) is 10.7. The molecule has 3 rings (SSSR count). The average molecular weight is 410 g/mol. The number of nitrogens with one attached hydrogen (secondary N) is 2. The summed E-state index contributed by atoms with van der Waals surface area (Å²) >= 11 is 1.83. The topological polar surface area (TPSA) is 27.3 Å². The van der Waals surface area contributed by atoms with Crippen LogP contribution < -0.4 is 10.6 Å².